The Labute approximate surface area is 144 Å². The first-order valence-electron chi connectivity index (χ1n) is 7.71. The highest BCUT2D eigenvalue weighted by Crippen LogP contribution is 2.31. The molecule has 24 heavy (non-hydrogen) atoms. The maximum absolute atomic E-state index is 12.9. The molecule has 2 aromatic rings. The molecule has 1 aromatic carbocycles. The molecule has 126 valence electrons. The average molecular weight is 348 g/mol. The summed E-state index contributed by atoms with van der Waals surface area (Å²) in [4.78, 5) is 25.9. The Morgan fingerprint density at radius 2 is 2.04 bits per heavy atom. The van der Waals surface area contributed by atoms with E-state index in [0.717, 1.165) is 0 Å². The smallest absolute Gasteiger partial charge is 0.329 e. The third kappa shape index (κ3) is 2.57. The number of benzene rings is 1. The number of hydrogen-bond donors (Lipinski definition) is 1. The minimum Gasteiger partial charge on any atom is -0.480 e. The Kier molecular flexibility index (Phi) is 4.09. The van der Waals surface area contributed by atoms with Gasteiger partial charge < -0.3 is 10.0 Å². The second kappa shape index (κ2) is 5.94. The van der Waals surface area contributed by atoms with E-state index < -0.39 is 11.5 Å². The second-order valence-electron chi connectivity index (χ2n) is 6.20. The van der Waals surface area contributed by atoms with Gasteiger partial charge in [0.2, 0.25) is 0 Å². The minimum atomic E-state index is -1.18. The molecular formula is C17H18ClN3O3. The Morgan fingerprint density at radius 1 is 1.33 bits per heavy atom. The summed E-state index contributed by atoms with van der Waals surface area (Å²) in [6, 6.07) is 7.20. The van der Waals surface area contributed by atoms with Crippen LogP contribution >= 0.6 is 11.6 Å². The van der Waals surface area contributed by atoms with Gasteiger partial charge in [0.25, 0.3) is 5.91 Å². The SMILES string of the molecule is Cc1cn(-c2ccccc2Cl)nc1C(=O)N1CCCC1(C)C(=O)O. The number of aromatic nitrogens is 2. The molecule has 0 spiro atoms. The molecule has 7 heteroatoms. The molecule has 1 aliphatic rings. The predicted octanol–water partition coefficient (Wildman–Crippen LogP) is 2.91. The Balaban J connectivity index is 1.98. The van der Waals surface area contributed by atoms with Crippen molar-refractivity contribution < 1.29 is 14.7 Å². The van der Waals surface area contributed by atoms with E-state index in [1.54, 1.807) is 36.9 Å². The molecule has 6 nitrogen and oxygen atoms in total. The first-order valence-corrected chi connectivity index (χ1v) is 8.09. The zero-order chi connectivity index (χ0) is 17.5. The molecule has 0 aliphatic carbocycles. The van der Waals surface area contributed by atoms with Gasteiger partial charge in [-0.25, -0.2) is 9.48 Å². The minimum absolute atomic E-state index is 0.254. The highest BCUT2D eigenvalue weighted by atomic mass is 35.5. The van der Waals surface area contributed by atoms with Crippen LogP contribution < -0.4 is 0 Å². The van der Waals surface area contributed by atoms with Crippen LogP contribution in [0.5, 0.6) is 0 Å². The van der Waals surface area contributed by atoms with Crippen molar-refractivity contribution in [2.45, 2.75) is 32.2 Å². The first kappa shape index (κ1) is 16.5. The van der Waals surface area contributed by atoms with Crippen LogP contribution in [0, 0.1) is 6.92 Å². The number of aryl methyl sites for hydroxylation is 1. The Bertz CT molecular complexity index is 817. The van der Waals surface area contributed by atoms with Crippen molar-refractivity contribution in [1.29, 1.82) is 0 Å². The molecule has 0 saturated carbocycles. The fourth-order valence-corrected chi connectivity index (χ4v) is 3.29. The second-order valence-corrected chi connectivity index (χ2v) is 6.60. The van der Waals surface area contributed by atoms with E-state index in [0.29, 0.717) is 35.7 Å². The number of carboxylic acids is 1. The Morgan fingerprint density at radius 3 is 2.71 bits per heavy atom. The van der Waals surface area contributed by atoms with Crippen LogP contribution in [0.3, 0.4) is 0 Å². The summed E-state index contributed by atoms with van der Waals surface area (Å²) in [5.41, 5.74) is 0.421. The predicted molar refractivity (Wildman–Crippen MR) is 89.6 cm³/mol. The van der Waals surface area contributed by atoms with Gasteiger partial charge in [0, 0.05) is 18.3 Å². The standard InChI is InChI=1S/C17H18ClN3O3/c1-11-10-21(13-7-4-3-6-12(13)18)19-14(11)15(22)20-9-5-8-17(20,2)16(23)24/h3-4,6-7,10H,5,8-9H2,1-2H3,(H,23,24). The van der Waals surface area contributed by atoms with Crippen LogP contribution in [0.25, 0.3) is 5.69 Å². The van der Waals surface area contributed by atoms with Crippen molar-refractivity contribution in [3.05, 3.63) is 46.7 Å². The normalized spacial score (nSPS) is 20.4. The summed E-state index contributed by atoms with van der Waals surface area (Å²) in [6.45, 7) is 3.78. The highest BCUT2D eigenvalue weighted by molar-refractivity contribution is 6.32. The molecule has 1 saturated heterocycles. The summed E-state index contributed by atoms with van der Waals surface area (Å²) < 4.78 is 1.55. The summed E-state index contributed by atoms with van der Waals surface area (Å²) in [5, 5.41) is 14.4. The molecule has 1 amide bonds. The van der Waals surface area contributed by atoms with Gasteiger partial charge in [-0.1, -0.05) is 23.7 Å². The van der Waals surface area contributed by atoms with E-state index in [9.17, 15) is 14.7 Å². The lowest BCUT2D eigenvalue weighted by molar-refractivity contribution is -0.147. The molecule has 0 bridgehead atoms. The van der Waals surface area contributed by atoms with Crippen LogP contribution in [0.15, 0.2) is 30.5 Å². The monoisotopic (exact) mass is 347 g/mol. The first-order chi connectivity index (χ1) is 11.3. The van der Waals surface area contributed by atoms with Crippen LogP contribution in [0.2, 0.25) is 5.02 Å². The van der Waals surface area contributed by atoms with Gasteiger partial charge in [-0.2, -0.15) is 5.10 Å². The third-order valence-corrected chi connectivity index (χ3v) is 4.87. The lowest BCUT2D eigenvalue weighted by Crippen LogP contribution is -2.51. The number of carbonyl (C=O) groups excluding carboxylic acids is 1. The summed E-state index contributed by atoms with van der Waals surface area (Å²) in [6.07, 6.45) is 2.83. The quantitative estimate of drug-likeness (QED) is 0.926. The number of likely N-dealkylation sites (tertiary alicyclic amines) is 1. The number of carbonyl (C=O) groups is 2. The number of halogens is 1. The summed E-state index contributed by atoms with van der Waals surface area (Å²) in [5.74, 6) is -1.35. The molecular weight excluding hydrogens is 330 g/mol. The van der Waals surface area contributed by atoms with E-state index >= 15 is 0 Å². The van der Waals surface area contributed by atoms with Gasteiger partial charge in [-0.15, -0.1) is 0 Å². The largest absolute Gasteiger partial charge is 0.480 e. The van der Waals surface area contributed by atoms with E-state index in [1.165, 1.54) is 4.90 Å². The van der Waals surface area contributed by atoms with Gasteiger partial charge in [0.15, 0.2) is 5.69 Å². The van der Waals surface area contributed by atoms with Crippen molar-refractivity contribution in [3.63, 3.8) is 0 Å². The molecule has 1 fully saturated rings. The number of amides is 1. The molecule has 2 heterocycles. The maximum Gasteiger partial charge on any atom is 0.329 e. The summed E-state index contributed by atoms with van der Waals surface area (Å²) >= 11 is 6.18. The zero-order valence-corrected chi connectivity index (χ0v) is 14.2. The third-order valence-electron chi connectivity index (χ3n) is 4.55. The van der Waals surface area contributed by atoms with E-state index in [-0.39, 0.29) is 11.6 Å². The molecule has 1 unspecified atom stereocenters. The number of rotatable bonds is 3. The average Bonchev–Trinajstić information content (AvgIpc) is 3.11. The van der Waals surface area contributed by atoms with Gasteiger partial charge in [0.05, 0.1) is 10.7 Å². The number of hydrogen-bond acceptors (Lipinski definition) is 3. The molecule has 1 N–H and O–H groups in total. The van der Waals surface area contributed by atoms with Gasteiger partial charge in [0.1, 0.15) is 5.54 Å². The van der Waals surface area contributed by atoms with E-state index in [4.69, 9.17) is 11.6 Å². The molecule has 1 aromatic heterocycles. The number of nitrogens with zero attached hydrogens (tertiary/aromatic N) is 3. The molecule has 0 radical (unpaired) electrons. The van der Waals surface area contributed by atoms with Crippen LogP contribution in [-0.2, 0) is 4.79 Å². The number of carboxylic acid groups (broad SMARTS) is 1. The van der Waals surface area contributed by atoms with Crippen molar-refractivity contribution in [1.82, 2.24) is 14.7 Å². The van der Waals surface area contributed by atoms with E-state index in [1.807, 2.05) is 12.1 Å². The van der Waals surface area contributed by atoms with Gasteiger partial charge in [-0.3, -0.25) is 4.79 Å². The summed E-state index contributed by atoms with van der Waals surface area (Å²) in [7, 11) is 0. The van der Waals surface area contributed by atoms with Crippen molar-refractivity contribution >= 4 is 23.5 Å². The highest BCUT2D eigenvalue weighted by Gasteiger charge is 2.46. The van der Waals surface area contributed by atoms with Crippen LogP contribution in [0.1, 0.15) is 35.8 Å². The molecule has 1 atom stereocenters. The van der Waals surface area contributed by atoms with E-state index in [2.05, 4.69) is 5.10 Å². The molecule has 1 aliphatic heterocycles. The topological polar surface area (TPSA) is 75.4 Å². The van der Waals surface area contributed by atoms with Crippen LogP contribution in [-0.4, -0.2) is 43.7 Å². The zero-order valence-electron chi connectivity index (χ0n) is 13.5. The van der Waals surface area contributed by atoms with Crippen molar-refractivity contribution in [2.75, 3.05) is 6.54 Å². The molecule has 3 rings (SSSR count). The maximum atomic E-state index is 12.9. The lowest BCUT2D eigenvalue weighted by atomic mass is 9.99. The number of para-hydroxylation sites is 1. The van der Waals surface area contributed by atoms with Crippen molar-refractivity contribution in [2.24, 2.45) is 0 Å². The fourth-order valence-electron chi connectivity index (χ4n) is 3.07. The van der Waals surface area contributed by atoms with Crippen molar-refractivity contribution in [3.8, 4) is 5.69 Å². The Hall–Kier alpha value is -2.34. The van der Waals surface area contributed by atoms with Gasteiger partial charge >= 0.3 is 5.97 Å². The van der Waals surface area contributed by atoms with Gasteiger partial charge in [-0.05, 0) is 38.8 Å². The van der Waals surface area contributed by atoms with Crippen LogP contribution in [0.4, 0.5) is 0 Å². The lowest BCUT2D eigenvalue weighted by Gasteiger charge is -2.30. The fraction of sp³-hybridized carbons (Fsp3) is 0.353. The number of aliphatic carboxylic acids is 1.